The predicted molar refractivity (Wildman–Crippen MR) is 82.9 cm³/mol. The molecule has 1 aromatic carbocycles. The Morgan fingerprint density at radius 3 is 2.92 bits per heavy atom. The van der Waals surface area contributed by atoms with Gasteiger partial charge in [-0.25, -0.2) is 0 Å². The Balaban J connectivity index is 1.52. The van der Waals surface area contributed by atoms with Gasteiger partial charge in [-0.3, -0.25) is 14.4 Å². The number of nitrogens with one attached hydrogen (secondary N) is 1. The van der Waals surface area contributed by atoms with Crippen molar-refractivity contribution in [2.45, 2.75) is 12.8 Å². The molecular formula is C17H15NO6. The predicted octanol–water partition coefficient (Wildman–Crippen LogP) is 1.97. The van der Waals surface area contributed by atoms with Crippen LogP contribution in [-0.4, -0.2) is 30.9 Å². The number of carbonyl (C=O) groups is 3. The Labute approximate surface area is 137 Å². The Bertz CT molecular complexity index is 765. The normalized spacial score (nSPS) is 12.8. The molecule has 1 amide bonds. The van der Waals surface area contributed by atoms with Gasteiger partial charge >= 0.3 is 5.97 Å². The lowest BCUT2D eigenvalue weighted by atomic mass is 10.1. The summed E-state index contributed by atoms with van der Waals surface area (Å²) in [6, 6.07) is 8.17. The fourth-order valence-electron chi connectivity index (χ4n) is 2.24. The lowest BCUT2D eigenvalue weighted by Crippen LogP contribution is -2.25. The van der Waals surface area contributed by atoms with Crippen molar-refractivity contribution >= 4 is 23.3 Å². The second-order valence-corrected chi connectivity index (χ2v) is 5.21. The molecule has 0 atom stereocenters. The van der Waals surface area contributed by atoms with Gasteiger partial charge in [-0.2, -0.15) is 0 Å². The first-order valence-corrected chi connectivity index (χ1v) is 7.40. The van der Waals surface area contributed by atoms with Gasteiger partial charge in [-0.05, 0) is 30.3 Å². The van der Waals surface area contributed by atoms with E-state index in [9.17, 15) is 14.4 Å². The first kappa shape index (κ1) is 15.8. The van der Waals surface area contributed by atoms with Crippen LogP contribution in [0.25, 0.3) is 0 Å². The summed E-state index contributed by atoms with van der Waals surface area (Å²) in [6.45, 7) is -0.405. The van der Waals surface area contributed by atoms with Crippen LogP contribution in [-0.2, 0) is 20.7 Å². The van der Waals surface area contributed by atoms with Crippen LogP contribution >= 0.6 is 0 Å². The lowest BCUT2D eigenvalue weighted by Gasteiger charge is -2.18. The van der Waals surface area contributed by atoms with Crippen molar-refractivity contribution in [1.29, 1.82) is 0 Å². The van der Waals surface area contributed by atoms with Crippen molar-refractivity contribution in [1.82, 2.24) is 0 Å². The van der Waals surface area contributed by atoms with Gasteiger partial charge < -0.3 is 19.2 Å². The van der Waals surface area contributed by atoms with E-state index in [1.54, 1.807) is 24.3 Å². The number of carbonyl (C=O) groups excluding carboxylic acids is 3. The van der Waals surface area contributed by atoms with E-state index in [0.717, 1.165) is 0 Å². The summed E-state index contributed by atoms with van der Waals surface area (Å²) in [7, 11) is 0. The first-order valence-electron chi connectivity index (χ1n) is 7.40. The molecule has 1 aromatic heterocycles. The highest BCUT2D eigenvalue weighted by molar-refractivity contribution is 6.01. The Kier molecular flexibility index (Phi) is 4.60. The third kappa shape index (κ3) is 3.81. The molecule has 7 nitrogen and oxygen atoms in total. The zero-order valence-corrected chi connectivity index (χ0v) is 12.7. The third-order valence-electron chi connectivity index (χ3n) is 3.45. The maximum absolute atomic E-state index is 12.1. The minimum absolute atomic E-state index is 0.0480. The number of aryl methyl sites for hydroxylation is 1. The Morgan fingerprint density at radius 2 is 2.12 bits per heavy atom. The van der Waals surface area contributed by atoms with Gasteiger partial charge in [0.2, 0.25) is 0 Å². The van der Waals surface area contributed by atoms with E-state index in [1.165, 1.54) is 12.3 Å². The molecule has 0 radical (unpaired) electrons. The molecule has 1 N–H and O–H groups in total. The van der Waals surface area contributed by atoms with Gasteiger partial charge in [0.1, 0.15) is 11.5 Å². The van der Waals surface area contributed by atoms with Crippen LogP contribution in [0.15, 0.2) is 41.0 Å². The molecule has 0 fully saturated rings. The van der Waals surface area contributed by atoms with Crippen molar-refractivity contribution in [3.63, 3.8) is 0 Å². The van der Waals surface area contributed by atoms with Crippen LogP contribution in [0.2, 0.25) is 0 Å². The molecule has 0 bridgehead atoms. The minimum Gasteiger partial charge on any atom is -0.482 e. The van der Waals surface area contributed by atoms with E-state index in [0.29, 0.717) is 29.2 Å². The highest BCUT2D eigenvalue weighted by Gasteiger charge is 2.18. The van der Waals surface area contributed by atoms with Crippen LogP contribution in [0.3, 0.4) is 0 Å². The van der Waals surface area contributed by atoms with Crippen molar-refractivity contribution in [3.05, 3.63) is 47.9 Å². The molecule has 24 heavy (non-hydrogen) atoms. The van der Waals surface area contributed by atoms with E-state index in [-0.39, 0.29) is 31.3 Å². The molecule has 0 aliphatic carbocycles. The maximum Gasteiger partial charge on any atom is 0.306 e. The van der Waals surface area contributed by atoms with E-state index >= 15 is 0 Å². The number of esters is 1. The molecule has 124 valence electrons. The minimum atomic E-state index is -0.477. The monoisotopic (exact) mass is 329 g/mol. The summed E-state index contributed by atoms with van der Waals surface area (Å²) in [4.78, 5) is 35.0. The number of Topliss-reactive ketones (excluding diaryl/α,β-unsaturated/α-hetero) is 1. The van der Waals surface area contributed by atoms with Crippen molar-refractivity contribution < 1.29 is 28.3 Å². The molecule has 0 spiro atoms. The zero-order chi connectivity index (χ0) is 16.9. The van der Waals surface area contributed by atoms with Crippen molar-refractivity contribution in [2.75, 3.05) is 18.5 Å². The molecule has 0 unspecified atom stereocenters. The number of furan rings is 1. The molecule has 3 rings (SSSR count). The maximum atomic E-state index is 12.1. The molecule has 2 heterocycles. The van der Waals surface area contributed by atoms with Gasteiger partial charge in [-0.1, -0.05) is 0 Å². The third-order valence-corrected chi connectivity index (χ3v) is 3.45. The summed E-state index contributed by atoms with van der Waals surface area (Å²) < 4.78 is 15.3. The molecule has 1 aliphatic heterocycles. The zero-order valence-electron chi connectivity index (χ0n) is 12.7. The Hall–Kier alpha value is -3.09. The lowest BCUT2D eigenvalue weighted by molar-refractivity contribution is -0.142. The number of hydrogen-bond donors (Lipinski definition) is 1. The van der Waals surface area contributed by atoms with Gasteiger partial charge in [0.25, 0.3) is 5.91 Å². The molecule has 0 saturated heterocycles. The molecule has 1 aliphatic rings. The number of benzene rings is 1. The standard InChI is InChI=1S/C17H15NO6/c19-14(9-24-17(21)6-4-12-2-1-7-22-12)11-3-5-15-13(8-11)18-16(20)10-23-15/h1-3,5,7-8H,4,6,9-10H2,(H,18,20). The van der Waals surface area contributed by atoms with Gasteiger partial charge in [-0.15, -0.1) is 0 Å². The number of hydrogen-bond acceptors (Lipinski definition) is 6. The average molecular weight is 329 g/mol. The summed E-state index contributed by atoms with van der Waals surface area (Å²) in [5.41, 5.74) is 0.764. The smallest absolute Gasteiger partial charge is 0.306 e. The number of fused-ring (bicyclic) bond motifs is 1. The van der Waals surface area contributed by atoms with Crippen LogP contribution in [0, 0.1) is 0 Å². The number of anilines is 1. The van der Waals surface area contributed by atoms with Gasteiger partial charge in [0.05, 0.1) is 18.4 Å². The Morgan fingerprint density at radius 1 is 1.25 bits per heavy atom. The van der Waals surface area contributed by atoms with Crippen LogP contribution in [0.4, 0.5) is 5.69 Å². The molecule has 2 aromatic rings. The summed E-state index contributed by atoms with van der Waals surface area (Å²) in [6.07, 6.45) is 2.08. The van der Waals surface area contributed by atoms with Crippen molar-refractivity contribution in [3.8, 4) is 5.75 Å². The average Bonchev–Trinajstić information content (AvgIpc) is 3.10. The van der Waals surface area contributed by atoms with E-state index < -0.39 is 5.97 Å². The summed E-state index contributed by atoms with van der Waals surface area (Å²) in [5, 5.41) is 2.62. The highest BCUT2D eigenvalue weighted by Crippen LogP contribution is 2.28. The van der Waals surface area contributed by atoms with E-state index in [4.69, 9.17) is 13.9 Å². The van der Waals surface area contributed by atoms with Gasteiger partial charge in [0, 0.05) is 12.0 Å². The molecular weight excluding hydrogens is 314 g/mol. The first-order chi connectivity index (χ1) is 11.6. The fraction of sp³-hybridized carbons (Fsp3) is 0.235. The molecule has 7 heteroatoms. The number of ether oxygens (including phenoxy) is 2. The quantitative estimate of drug-likeness (QED) is 0.643. The number of ketones is 1. The van der Waals surface area contributed by atoms with Crippen LogP contribution in [0.5, 0.6) is 5.75 Å². The topological polar surface area (TPSA) is 94.8 Å². The number of rotatable bonds is 6. The SMILES string of the molecule is O=C1COc2ccc(C(=O)COC(=O)CCc3ccco3)cc2N1. The van der Waals surface area contributed by atoms with E-state index in [1.807, 2.05) is 0 Å². The van der Waals surface area contributed by atoms with Gasteiger partial charge in [0.15, 0.2) is 19.0 Å². The molecule has 0 saturated carbocycles. The second kappa shape index (κ2) is 6.99. The van der Waals surface area contributed by atoms with E-state index in [2.05, 4.69) is 5.32 Å². The fourth-order valence-corrected chi connectivity index (χ4v) is 2.24. The van der Waals surface area contributed by atoms with Crippen LogP contribution in [0.1, 0.15) is 22.5 Å². The second-order valence-electron chi connectivity index (χ2n) is 5.21. The largest absolute Gasteiger partial charge is 0.482 e. The summed E-state index contributed by atoms with van der Waals surface area (Å²) >= 11 is 0. The van der Waals surface area contributed by atoms with Crippen molar-refractivity contribution in [2.24, 2.45) is 0 Å². The number of amides is 1. The highest BCUT2D eigenvalue weighted by atomic mass is 16.5. The van der Waals surface area contributed by atoms with Crippen LogP contribution < -0.4 is 10.1 Å². The summed E-state index contributed by atoms with van der Waals surface area (Å²) in [5.74, 6) is 0.0695.